The zero-order valence-corrected chi connectivity index (χ0v) is 15.4. The zero-order chi connectivity index (χ0) is 18.4. The van der Waals surface area contributed by atoms with Gasteiger partial charge in [0, 0.05) is 18.2 Å². The van der Waals surface area contributed by atoms with Gasteiger partial charge < -0.3 is 10.5 Å². The molecule has 2 aromatic rings. The second-order valence-corrected chi connectivity index (χ2v) is 6.88. The number of benzene rings is 2. The molecule has 2 unspecified atom stereocenters. The highest BCUT2D eigenvalue weighted by molar-refractivity contribution is 6.19. The van der Waals surface area contributed by atoms with E-state index in [1.165, 1.54) is 12.0 Å². The minimum Gasteiger partial charge on any atom is -0.460 e. The predicted molar refractivity (Wildman–Crippen MR) is 103 cm³/mol. The van der Waals surface area contributed by atoms with Crippen molar-refractivity contribution in [2.75, 3.05) is 6.54 Å². The molecule has 3 rings (SSSR count). The summed E-state index contributed by atoms with van der Waals surface area (Å²) in [7, 11) is 0. The predicted octanol–water partition coefficient (Wildman–Crippen LogP) is 3.29. The molecule has 1 saturated heterocycles. The van der Waals surface area contributed by atoms with Crippen molar-refractivity contribution in [3.63, 3.8) is 0 Å². The number of amides is 1. The molecule has 2 atom stereocenters. The maximum atomic E-state index is 11.1. The Hall–Kier alpha value is -2.08. The minimum atomic E-state index is -0.689. The first-order chi connectivity index (χ1) is 12.6. The summed E-state index contributed by atoms with van der Waals surface area (Å²) in [6.07, 6.45) is 4.46. The van der Waals surface area contributed by atoms with E-state index in [1.54, 1.807) is 24.3 Å². The Morgan fingerprint density at radius 3 is 2.62 bits per heavy atom. The van der Waals surface area contributed by atoms with Crippen LogP contribution in [0.4, 0.5) is 0 Å². The van der Waals surface area contributed by atoms with Crippen LogP contribution in [-0.2, 0) is 6.42 Å². The number of nitrogens with zero attached hydrogens (tertiary/aromatic N) is 1. The van der Waals surface area contributed by atoms with Gasteiger partial charge in [0.2, 0.25) is 11.6 Å². The molecule has 6 heteroatoms. The van der Waals surface area contributed by atoms with Gasteiger partial charge >= 0.3 is 0 Å². The van der Waals surface area contributed by atoms with E-state index in [4.69, 9.17) is 22.1 Å². The zero-order valence-electron chi connectivity index (χ0n) is 14.6. The van der Waals surface area contributed by atoms with Gasteiger partial charge in [-0.3, -0.25) is 4.79 Å². The first-order valence-corrected chi connectivity index (χ1v) is 9.33. The number of carbonyl (C=O) groups excluding carboxylic acids is 1. The Morgan fingerprint density at radius 2 is 1.92 bits per heavy atom. The van der Waals surface area contributed by atoms with Gasteiger partial charge in [0.25, 0.3) is 0 Å². The molecule has 0 bridgehead atoms. The largest absolute Gasteiger partial charge is 0.460 e. The molecule has 26 heavy (non-hydrogen) atoms. The number of rotatable bonds is 7. The molecule has 5 nitrogen and oxygen atoms in total. The Bertz CT molecular complexity index is 709. The van der Waals surface area contributed by atoms with E-state index in [-0.39, 0.29) is 0 Å². The van der Waals surface area contributed by atoms with Crippen LogP contribution in [0.2, 0.25) is 0 Å². The standard InChI is InChI=1S/C20H24ClN3O2/c21-20(26-18-11-9-16(10-12-18)19(22)25)23-24-13-5-4-8-17(24)14-15-6-2-1-3-7-15/h1-3,6-7,9-12,17,20,23H,4-5,8,13-14H2,(H2,22,25). The third-order valence-corrected chi connectivity index (χ3v) is 4.77. The van der Waals surface area contributed by atoms with E-state index in [0.29, 0.717) is 17.4 Å². The molecule has 0 aromatic heterocycles. The Balaban J connectivity index is 1.57. The topological polar surface area (TPSA) is 67.6 Å². The first kappa shape index (κ1) is 18.7. The second kappa shape index (κ2) is 9.03. The van der Waals surface area contributed by atoms with Gasteiger partial charge in [-0.05, 0) is 49.1 Å². The van der Waals surface area contributed by atoms with Crippen LogP contribution in [0.3, 0.4) is 0 Å². The van der Waals surface area contributed by atoms with Gasteiger partial charge in [-0.1, -0.05) is 48.4 Å². The van der Waals surface area contributed by atoms with Crippen molar-refractivity contribution in [3.05, 3.63) is 65.7 Å². The summed E-state index contributed by atoms with van der Waals surface area (Å²) in [4.78, 5) is 11.1. The van der Waals surface area contributed by atoms with Crippen molar-refractivity contribution in [2.24, 2.45) is 5.73 Å². The van der Waals surface area contributed by atoms with E-state index in [0.717, 1.165) is 25.8 Å². The van der Waals surface area contributed by atoms with E-state index in [1.807, 2.05) is 6.07 Å². The van der Waals surface area contributed by atoms with Crippen LogP contribution in [0.5, 0.6) is 5.75 Å². The summed E-state index contributed by atoms with van der Waals surface area (Å²) in [6.45, 7) is 0.935. The number of ether oxygens (including phenoxy) is 1. The van der Waals surface area contributed by atoms with Crippen molar-refractivity contribution in [1.29, 1.82) is 0 Å². The summed E-state index contributed by atoms with van der Waals surface area (Å²) >= 11 is 6.35. The molecule has 2 aromatic carbocycles. The first-order valence-electron chi connectivity index (χ1n) is 8.89. The second-order valence-electron chi connectivity index (χ2n) is 6.48. The third kappa shape index (κ3) is 5.21. The summed E-state index contributed by atoms with van der Waals surface area (Å²) in [5.41, 5.74) is 9.57. The number of primary amides is 1. The number of alkyl halides is 1. The fraction of sp³-hybridized carbons (Fsp3) is 0.350. The third-order valence-electron chi connectivity index (χ3n) is 4.59. The highest BCUT2D eigenvalue weighted by Gasteiger charge is 2.24. The maximum Gasteiger partial charge on any atom is 0.248 e. The van der Waals surface area contributed by atoms with Crippen LogP contribution < -0.4 is 15.9 Å². The van der Waals surface area contributed by atoms with Gasteiger partial charge in [-0.25, -0.2) is 10.4 Å². The monoisotopic (exact) mass is 373 g/mol. The molecule has 0 saturated carbocycles. The lowest BCUT2D eigenvalue weighted by atomic mass is 9.97. The average molecular weight is 374 g/mol. The van der Waals surface area contributed by atoms with Crippen LogP contribution in [0.1, 0.15) is 35.2 Å². The van der Waals surface area contributed by atoms with Gasteiger partial charge in [0.05, 0.1) is 0 Å². The molecule has 0 aliphatic carbocycles. The Labute approximate surface area is 159 Å². The SMILES string of the molecule is NC(=O)c1ccc(OC(Cl)NN2CCCCC2Cc2ccccc2)cc1. The van der Waals surface area contributed by atoms with Crippen molar-refractivity contribution in [1.82, 2.24) is 10.4 Å². The van der Waals surface area contributed by atoms with Crippen molar-refractivity contribution < 1.29 is 9.53 Å². The lowest BCUT2D eigenvalue weighted by Gasteiger charge is -2.37. The van der Waals surface area contributed by atoms with Crippen LogP contribution in [0.15, 0.2) is 54.6 Å². The van der Waals surface area contributed by atoms with Crippen molar-refractivity contribution in [3.8, 4) is 5.75 Å². The number of halogens is 1. The minimum absolute atomic E-state index is 0.383. The average Bonchev–Trinajstić information content (AvgIpc) is 2.64. The fourth-order valence-corrected chi connectivity index (χ4v) is 3.47. The molecule has 1 aliphatic rings. The molecule has 0 radical (unpaired) electrons. The number of hydrazine groups is 1. The molecule has 0 spiro atoms. The van der Waals surface area contributed by atoms with E-state index in [9.17, 15) is 4.79 Å². The van der Waals surface area contributed by atoms with E-state index in [2.05, 4.69) is 34.7 Å². The number of piperidine rings is 1. The normalized spacial score (nSPS) is 19.0. The number of nitrogens with one attached hydrogen (secondary N) is 1. The lowest BCUT2D eigenvalue weighted by Crippen LogP contribution is -2.53. The van der Waals surface area contributed by atoms with E-state index >= 15 is 0 Å². The molecule has 138 valence electrons. The molecule has 1 aliphatic heterocycles. The van der Waals surface area contributed by atoms with Crippen LogP contribution in [-0.4, -0.2) is 29.2 Å². The van der Waals surface area contributed by atoms with Gasteiger partial charge in [0.15, 0.2) is 0 Å². The van der Waals surface area contributed by atoms with Crippen LogP contribution in [0.25, 0.3) is 0 Å². The molecule has 1 amide bonds. The van der Waals surface area contributed by atoms with Crippen molar-refractivity contribution in [2.45, 2.75) is 37.4 Å². The summed E-state index contributed by atoms with van der Waals surface area (Å²) in [5, 5.41) is 2.19. The van der Waals surface area contributed by atoms with Gasteiger partial charge in [0.1, 0.15) is 5.75 Å². The summed E-state index contributed by atoms with van der Waals surface area (Å²) in [6, 6.07) is 17.5. The molecule has 1 heterocycles. The summed E-state index contributed by atoms with van der Waals surface area (Å²) in [5.74, 6) is 0.119. The number of carbonyl (C=O) groups is 1. The maximum absolute atomic E-state index is 11.1. The molecular weight excluding hydrogens is 350 g/mol. The number of hydrogen-bond acceptors (Lipinski definition) is 4. The van der Waals surface area contributed by atoms with E-state index < -0.39 is 11.6 Å². The molecular formula is C20H24ClN3O2. The lowest BCUT2D eigenvalue weighted by molar-refractivity contribution is 0.0364. The quantitative estimate of drug-likeness (QED) is 0.444. The highest BCUT2D eigenvalue weighted by atomic mass is 35.5. The molecule has 1 fully saturated rings. The smallest absolute Gasteiger partial charge is 0.248 e. The van der Waals surface area contributed by atoms with Crippen LogP contribution >= 0.6 is 11.6 Å². The molecule has 3 N–H and O–H groups in total. The Kier molecular flexibility index (Phi) is 6.50. The number of hydrogen-bond donors (Lipinski definition) is 2. The summed E-state index contributed by atoms with van der Waals surface area (Å²) < 4.78 is 5.71. The Morgan fingerprint density at radius 1 is 1.19 bits per heavy atom. The van der Waals surface area contributed by atoms with Crippen molar-refractivity contribution >= 4 is 17.5 Å². The van der Waals surface area contributed by atoms with Gasteiger partial charge in [-0.15, -0.1) is 0 Å². The number of nitrogens with two attached hydrogens (primary N) is 1. The highest BCUT2D eigenvalue weighted by Crippen LogP contribution is 2.21. The van der Waals surface area contributed by atoms with Gasteiger partial charge in [-0.2, -0.15) is 0 Å². The fourth-order valence-electron chi connectivity index (χ4n) is 3.24. The van der Waals surface area contributed by atoms with Crippen LogP contribution in [0, 0.1) is 0 Å².